The first-order valence-corrected chi connectivity index (χ1v) is 7.35. The van der Waals surface area contributed by atoms with Crippen LogP contribution in [0.2, 0.25) is 0 Å². The molecule has 2 aliphatic rings. The van der Waals surface area contributed by atoms with Crippen molar-refractivity contribution in [2.75, 3.05) is 20.8 Å². The van der Waals surface area contributed by atoms with E-state index in [0.717, 1.165) is 5.56 Å². The lowest BCUT2D eigenvalue weighted by Gasteiger charge is -2.50. The molecule has 3 rings (SSSR count). The minimum atomic E-state index is -1.89. The summed E-state index contributed by atoms with van der Waals surface area (Å²) in [5.41, 5.74) is -1.10. The quantitative estimate of drug-likeness (QED) is 0.804. The molecule has 1 aromatic carbocycles. The molecular weight excluding hydrogens is 304 g/mol. The van der Waals surface area contributed by atoms with Crippen LogP contribution in [0, 0.1) is 0 Å². The maximum atomic E-state index is 11.6. The molecule has 1 N–H and O–H groups in total. The summed E-state index contributed by atoms with van der Waals surface area (Å²) in [5, 5.41) is 10.9. The molecule has 0 unspecified atom stereocenters. The highest BCUT2D eigenvalue weighted by molar-refractivity contribution is 5.65. The largest absolute Gasteiger partial charge is 0.377 e. The highest BCUT2D eigenvalue weighted by atomic mass is 16.8. The van der Waals surface area contributed by atoms with E-state index in [1.165, 1.54) is 14.2 Å². The van der Waals surface area contributed by atoms with Crippen molar-refractivity contribution in [1.82, 2.24) is 0 Å². The highest BCUT2D eigenvalue weighted by Crippen LogP contribution is 2.39. The fourth-order valence-electron chi connectivity index (χ4n) is 3.07. The van der Waals surface area contributed by atoms with Crippen LogP contribution in [0.15, 0.2) is 30.3 Å². The van der Waals surface area contributed by atoms with Gasteiger partial charge in [0.25, 0.3) is 0 Å². The third-order valence-electron chi connectivity index (χ3n) is 4.23. The van der Waals surface area contributed by atoms with Gasteiger partial charge in [0.1, 0.15) is 18.3 Å². The Bertz CT molecular complexity index is 536. The Morgan fingerprint density at radius 2 is 1.96 bits per heavy atom. The summed E-state index contributed by atoms with van der Waals surface area (Å²) >= 11 is 0. The molecule has 0 bridgehead atoms. The van der Waals surface area contributed by atoms with E-state index in [9.17, 15) is 9.90 Å². The number of carbonyl (C=O) groups is 1. The smallest absolute Gasteiger partial charge is 0.187 e. The molecule has 126 valence electrons. The van der Waals surface area contributed by atoms with Crippen molar-refractivity contribution in [2.24, 2.45) is 0 Å². The van der Waals surface area contributed by atoms with E-state index in [4.69, 9.17) is 23.7 Å². The summed E-state index contributed by atoms with van der Waals surface area (Å²) in [7, 11) is 2.79. The van der Waals surface area contributed by atoms with Crippen LogP contribution in [-0.4, -0.2) is 62.4 Å². The minimum Gasteiger partial charge on any atom is -0.377 e. The van der Waals surface area contributed by atoms with Gasteiger partial charge in [-0.05, 0) is 0 Å². The first kappa shape index (κ1) is 16.5. The Morgan fingerprint density at radius 3 is 2.57 bits per heavy atom. The zero-order valence-corrected chi connectivity index (χ0v) is 13.0. The van der Waals surface area contributed by atoms with Crippen molar-refractivity contribution in [3.8, 4) is 0 Å². The summed E-state index contributed by atoms with van der Waals surface area (Å²) in [6, 6.07) is 9.29. The molecule has 0 spiro atoms. The molecule has 2 fully saturated rings. The molecule has 7 heteroatoms. The van der Waals surface area contributed by atoms with E-state index in [1.54, 1.807) is 0 Å². The molecule has 23 heavy (non-hydrogen) atoms. The Morgan fingerprint density at radius 1 is 1.22 bits per heavy atom. The van der Waals surface area contributed by atoms with Crippen molar-refractivity contribution in [3.63, 3.8) is 0 Å². The fraction of sp³-hybridized carbons (Fsp3) is 0.562. The summed E-state index contributed by atoms with van der Waals surface area (Å²) < 4.78 is 27.6. The fourth-order valence-corrected chi connectivity index (χ4v) is 3.07. The Labute approximate surface area is 134 Å². The summed E-state index contributed by atoms with van der Waals surface area (Å²) in [6.45, 7) is 0.163. The van der Waals surface area contributed by atoms with Crippen LogP contribution in [0.4, 0.5) is 0 Å². The Kier molecular flexibility index (Phi) is 4.77. The molecular formula is C16H20O7. The first-order valence-electron chi connectivity index (χ1n) is 7.35. The third-order valence-corrected chi connectivity index (χ3v) is 4.23. The number of fused-ring (bicyclic) bond motifs is 1. The van der Waals surface area contributed by atoms with Gasteiger partial charge in [-0.1, -0.05) is 30.3 Å². The molecule has 0 aliphatic carbocycles. The second kappa shape index (κ2) is 6.64. The van der Waals surface area contributed by atoms with Gasteiger partial charge in [0, 0.05) is 19.8 Å². The van der Waals surface area contributed by atoms with E-state index < -0.39 is 36.5 Å². The van der Waals surface area contributed by atoms with Crippen LogP contribution in [0.1, 0.15) is 11.9 Å². The maximum Gasteiger partial charge on any atom is 0.187 e. The van der Waals surface area contributed by atoms with Gasteiger partial charge >= 0.3 is 0 Å². The van der Waals surface area contributed by atoms with Crippen LogP contribution >= 0.6 is 0 Å². The molecule has 6 atom stereocenters. The lowest BCUT2D eigenvalue weighted by Crippen LogP contribution is -2.70. The molecule has 0 aromatic heterocycles. The summed E-state index contributed by atoms with van der Waals surface area (Å²) in [4.78, 5) is 11.6. The molecule has 0 radical (unpaired) electrons. The number of carbonyl (C=O) groups excluding carboxylic acids is 1. The van der Waals surface area contributed by atoms with Crippen molar-refractivity contribution in [3.05, 3.63) is 35.9 Å². The number of benzene rings is 1. The Hall–Kier alpha value is -1.35. The summed E-state index contributed by atoms with van der Waals surface area (Å²) in [6.07, 6.45) is -3.71. The van der Waals surface area contributed by atoms with Gasteiger partial charge in [-0.25, -0.2) is 0 Å². The molecule has 1 aromatic rings. The van der Waals surface area contributed by atoms with Crippen LogP contribution in [0.5, 0.6) is 0 Å². The normalized spacial score (nSPS) is 40.4. The van der Waals surface area contributed by atoms with Crippen LogP contribution < -0.4 is 0 Å². The molecule has 0 amide bonds. The van der Waals surface area contributed by atoms with E-state index in [-0.39, 0.29) is 6.61 Å². The molecule has 2 heterocycles. The number of methoxy groups -OCH3 is 2. The van der Waals surface area contributed by atoms with E-state index in [1.807, 2.05) is 30.3 Å². The van der Waals surface area contributed by atoms with Crippen molar-refractivity contribution in [1.29, 1.82) is 0 Å². The van der Waals surface area contributed by atoms with E-state index >= 15 is 0 Å². The van der Waals surface area contributed by atoms with Gasteiger partial charge in [0.15, 0.2) is 24.5 Å². The molecule has 7 nitrogen and oxygen atoms in total. The number of rotatable bonds is 4. The lowest BCUT2D eigenvalue weighted by molar-refractivity contribution is -0.375. The van der Waals surface area contributed by atoms with Crippen molar-refractivity contribution in [2.45, 2.75) is 36.5 Å². The topological polar surface area (TPSA) is 83.5 Å². The van der Waals surface area contributed by atoms with Gasteiger partial charge in [0.2, 0.25) is 0 Å². The van der Waals surface area contributed by atoms with Gasteiger partial charge in [0.05, 0.1) is 6.61 Å². The lowest BCUT2D eigenvalue weighted by atomic mass is 9.84. The second-order valence-corrected chi connectivity index (χ2v) is 5.57. The molecule has 2 saturated heterocycles. The average molecular weight is 324 g/mol. The zero-order valence-electron chi connectivity index (χ0n) is 13.0. The van der Waals surface area contributed by atoms with Crippen LogP contribution in [0.25, 0.3) is 0 Å². The zero-order chi connectivity index (χ0) is 16.4. The number of aliphatic hydroxyl groups is 1. The molecule has 0 saturated carbocycles. The van der Waals surface area contributed by atoms with Gasteiger partial charge < -0.3 is 28.8 Å². The molecule has 2 aliphatic heterocycles. The number of aldehydes is 1. The van der Waals surface area contributed by atoms with Gasteiger partial charge in [-0.2, -0.15) is 0 Å². The average Bonchev–Trinajstić information content (AvgIpc) is 2.61. The first-order chi connectivity index (χ1) is 11.1. The van der Waals surface area contributed by atoms with Crippen LogP contribution in [0.3, 0.4) is 0 Å². The van der Waals surface area contributed by atoms with Crippen LogP contribution in [-0.2, 0) is 28.5 Å². The SMILES string of the molecule is CO[C@H]1O[C@@H]2CO[C@@H](c3ccccc3)O[C@H]2[C@](O)(C=O)[C@H]1OC. The predicted molar refractivity (Wildman–Crippen MR) is 77.5 cm³/mol. The Balaban J connectivity index is 1.88. The monoisotopic (exact) mass is 324 g/mol. The van der Waals surface area contributed by atoms with E-state index in [2.05, 4.69) is 0 Å². The summed E-state index contributed by atoms with van der Waals surface area (Å²) in [5.74, 6) is 0. The van der Waals surface area contributed by atoms with Crippen molar-refractivity contribution >= 4 is 6.29 Å². The van der Waals surface area contributed by atoms with Crippen molar-refractivity contribution < 1.29 is 33.6 Å². The standard InChI is InChI=1S/C16H20O7/c1-19-13-15(20-2)22-11-8-21-14(10-6-4-3-5-7-10)23-12(11)16(13,18)9-17/h3-7,9,11-15,18H,8H2,1-2H3/t11-,12-,13+,14-,15+,16-/m1/s1. The third kappa shape index (κ3) is 2.80. The van der Waals surface area contributed by atoms with Gasteiger partial charge in [-0.15, -0.1) is 0 Å². The minimum absolute atomic E-state index is 0.163. The maximum absolute atomic E-state index is 11.6. The number of hydrogen-bond donors (Lipinski definition) is 1. The number of ether oxygens (including phenoxy) is 5. The van der Waals surface area contributed by atoms with Gasteiger partial charge in [-0.3, -0.25) is 4.79 Å². The predicted octanol–water partition coefficient (Wildman–Crippen LogP) is 0.417. The number of hydrogen-bond acceptors (Lipinski definition) is 7. The van der Waals surface area contributed by atoms with E-state index in [0.29, 0.717) is 6.29 Å². The second-order valence-electron chi connectivity index (χ2n) is 5.57. The highest BCUT2D eigenvalue weighted by Gasteiger charge is 2.59.